The van der Waals surface area contributed by atoms with Gasteiger partial charge in [0.1, 0.15) is 12.4 Å². The van der Waals surface area contributed by atoms with Crippen LogP contribution in [-0.4, -0.2) is 11.7 Å². The molecule has 2 N–H and O–H groups in total. The summed E-state index contributed by atoms with van der Waals surface area (Å²) in [7, 11) is 0. The van der Waals surface area contributed by atoms with Gasteiger partial charge < -0.3 is 15.2 Å². The number of hydrogen-bond acceptors (Lipinski definition) is 3. The fourth-order valence-electron chi connectivity index (χ4n) is 2.70. The lowest BCUT2D eigenvalue weighted by molar-refractivity contribution is 0.174. The third-order valence-electron chi connectivity index (χ3n) is 4.10. The van der Waals surface area contributed by atoms with E-state index in [4.69, 9.17) is 4.74 Å². The van der Waals surface area contributed by atoms with Gasteiger partial charge in [-0.1, -0.05) is 76.6 Å². The van der Waals surface area contributed by atoms with Crippen LogP contribution in [0.5, 0.6) is 5.75 Å². The Morgan fingerprint density at radius 1 is 0.926 bits per heavy atom. The molecule has 0 saturated heterocycles. The van der Waals surface area contributed by atoms with E-state index in [9.17, 15) is 5.11 Å². The van der Waals surface area contributed by atoms with Crippen molar-refractivity contribution in [2.24, 2.45) is 0 Å². The smallest absolute Gasteiger partial charge is 0.124 e. The average molecular weight is 449 g/mol. The van der Waals surface area contributed by atoms with Gasteiger partial charge in [-0.05, 0) is 29.3 Å². The molecule has 3 aromatic carbocycles. The summed E-state index contributed by atoms with van der Waals surface area (Å²) in [5, 5.41) is 13.6. The van der Waals surface area contributed by atoms with Gasteiger partial charge in [0.15, 0.2) is 0 Å². The summed E-state index contributed by atoms with van der Waals surface area (Å²) in [5.74, 6) is 0.846. The van der Waals surface area contributed by atoms with E-state index in [-0.39, 0.29) is 12.4 Å². The van der Waals surface area contributed by atoms with E-state index < -0.39 is 6.10 Å². The highest BCUT2D eigenvalue weighted by atomic mass is 79.9. The van der Waals surface area contributed by atoms with Crippen molar-refractivity contribution in [1.29, 1.82) is 0 Å². The minimum absolute atomic E-state index is 0. The first kappa shape index (κ1) is 21.5. The Hall–Kier alpha value is -1.85. The lowest BCUT2D eigenvalue weighted by atomic mass is 10.1. The Kier molecular flexibility index (Phi) is 8.82. The molecule has 0 heterocycles. The van der Waals surface area contributed by atoms with Gasteiger partial charge in [-0.15, -0.1) is 12.4 Å². The monoisotopic (exact) mass is 447 g/mol. The molecule has 0 fully saturated rings. The van der Waals surface area contributed by atoms with Crippen molar-refractivity contribution in [3.05, 3.63) is 100 Å². The summed E-state index contributed by atoms with van der Waals surface area (Å²) >= 11 is 3.52. The van der Waals surface area contributed by atoms with Crippen LogP contribution in [0.3, 0.4) is 0 Å². The fourth-order valence-corrected chi connectivity index (χ4v) is 3.11. The van der Waals surface area contributed by atoms with Crippen LogP contribution in [-0.2, 0) is 13.2 Å². The van der Waals surface area contributed by atoms with Gasteiger partial charge in [0, 0.05) is 23.1 Å². The lowest BCUT2D eigenvalue weighted by Crippen LogP contribution is -2.21. The summed E-state index contributed by atoms with van der Waals surface area (Å²) in [6.45, 7) is 1.63. The highest BCUT2D eigenvalue weighted by molar-refractivity contribution is 9.10. The Bertz CT molecular complexity index is 815. The fraction of sp³-hybridized carbons (Fsp3) is 0.182. The van der Waals surface area contributed by atoms with Gasteiger partial charge in [0.25, 0.3) is 0 Å². The van der Waals surface area contributed by atoms with Gasteiger partial charge in [-0.25, -0.2) is 0 Å². The van der Waals surface area contributed by atoms with Crippen LogP contribution in [0.15, 0.2) is 83.3 Å². The van der Waals surface area contributed by atoms with E-state index in [1.807, 2.05) is 78.9 Å². The number of hydrogen-bond donors (Lipinski definition) is 2. The number of nitrogens with one attached hydrogen (secondary N) is 1. The van der Waals surface area contributed by atoms with Crippen LogP contribution in [0, 0.1) is 0 Å². The molecule has 0 aliphatic carbocycles. The van der Waals surface area contributed by atoms with Crippen LogP contribution in [0.4, 0.5) is 0 Å². The second kappa shape index (κ2) is 11.1. The van der Waals surface area contributed by atoms with Crippen molar-refractivity contribution < 1.29 is 9.84 Å². The van der Waals surface area contributed by atoms with Crippen molar-refractivity contribution in [3.63, 3.8) is 0 Å². The van der Waals surface area contributed by atoms with Crippen LogP contribution in [0.2, 0.25) is 0 Å². The van der Waals surface area contributed by atoms with E-state index in [1.54, 1.807) is 0 Å². The van der Waals surface area contributed by atoms with Crippen molar-refractivity contribution in [3.8, 4) is 5.75 Å². The quantitative estimate of drug-likeness (QED) is 0.493. The molecule has 0 aliphatic heterocycles. The van der Waals surface area contributed by atoms with Crippen molar-refractivity contribution >= 4 is 28.3 Å². The molecule has 0 saturated carbocycles. The predicted octanol–water partition coefficient (Wildman–Crippen LogP) is 5.27. The molecule has 1 unspecified atom stereocenters. The highest BCUT2D eigenvalue weighted by Gasteiger charge is 2.09. The third-order valence-corrected chi connectivity index (χ3v) is 4.59. The van der Waals surface area contributed by atoms with E-state index >= 15 is 0 Å². The second-order valence-corrected chi connectivity index (χ2v) is 7.00. The number of ether oxygens (including phenoxy) is 1. The number of benzene rings is 3. The molecule has 1 atom stereocenters. The molecule has 3 nitrogen and oxygen atoms in total. The average Bonchev–Trinajstić information content (AvgIpc) is 2.69. The standard InChI is InChI=1S/C22H22BrNO2.ClH/c23-20-11-12-22(26-16-17-7-3-1-4-8-17)19(13-20)14-24-15-21(25)18-9-5-2-6-10-18;/h1-13,21,24-25H,14-16H2;1H. The van der Waals surface area contributed by atoms with Gasteiger partial charge in [-0.3, -0.25) is 0 Å². The molecule has 0 amide bonds. The molecule has 5 heteroatoms. The molecule has 3 aromatic rings. The molecule has 0 aromatic heterocycles. The summed E-state index contributed by atoms with van der Waals surface area (Å²) in [4.78, 5) is 0. The van der Waals surface area contributed by atoms with Crippen LogP contribution in [0.25, 0.3) is 0 Å². The Morgan fingerprint density at radius 3 is 2.30 bits per heavy atom. The molecule has 0 radical (unpaired) electrons. The first-order valence-electron chi connectivity index (χ1n) is 8.61. The van der Waals surface area contributed by atoms with Crippen LogP contribution in [0.1, 0.15) is 22.8 Å². The number of aliphatic hydroxyl groups excluding tert-OH is 1. The van der Waals surface area contributed by atoms with Crippen molar-refractivity contribution in [1.82, 2.24) is 5.32 Å². The zero-order valence-corrected chi connectivity index (χ0v) is 17.2. The van der Waals surface area contributed by atoms with Gasteiger partial charge in [-0.2, -0.15) is 0 Å². The first-order chi connectivity index (χ1) is 12.7. The minimum Gasteiger partial charge on any atom is -0.489 e. The minimum atomic E-state index is -0.531. The number of rotatable bonds is 8. The maximum atomic E-state index is 10.3. The SMILES string of the molecule is Cl.OC(CNCc1cc(Br)ccc1OCc1ccccc1)c1ccccc1. The first-order valence-corrected chi connectivity index (χ1v) is 9.40. The van der Waals surface area contributed by atoms with Crippen LogP contribution < -0.4 is 10.1 Å². The topological polar surface area (TPSA) is 41.5 Å². The van der Waals surface area contributed by atoms with Crippen LogP contribution >= 0.6 is 28.3 Å². The van der Waals surface area contributed by atoms with E-state index in [0.717, 1.165) is 26.9 Å². The maximum absolute atomic E-state index is 10.3. The summed E-state index contributed by atoms with van der Waals surface area (Å²) < 4.78 is 7.00. The molecule has 27 heavy (non-hydrogen) atoms. The van der Waals surface area contributed by atoms with Crippen molar-refractivity contribution in [2.75, 3.05) is 6.54 Å². The van der Waals surface area contributed by atoms with Gasteiger partial charge >= 0.3 is 0 Å². The molecule has 0 spiro atoms. The molecule has 3 rings (SSSR count). The Morgan fingerprint density at radius 2 is 1.59 bits per heavy atom. The van der Waals surface area contributed by atoms with Gasteiger partial charge in [0.2, 0.25) is 0 Å². The highest BCUT2D eigenvalue weighted by Crippen LogP contribution is 2.24. The Balaban J connectivity index is 0.00000261. The molecular weight excluding hydrogens is 426 g/mol. The van der Waals surface area contributed by atoms with Gasteiger partial charge in [0.05, 0.1) is 6.10 Å². The van der Waals surface area contributed by atoms with E-state index in [2.05, 4.69) is 21.2 Å². The predicted molar refractivity (Wildman–Crippen MR) is 115 cm³/mol. The molecule has 142 valence electrons. The van der Waals surface area contributed by atoms with E-state index in [0.29, 0.717) is 19.7 Å². The molecule has 0 bridgehead atoms. The van der Waals surface area contributed by atoms with E-state index in [1.165, 1.54) is 0 Å². The Labute approximate surface area is 174 Å². The second-order valence-electron chi connectivity index (χ2n) is 6.08. The molecule has 0 aliphatic rings. The maximum Gasteiger partial charge on any atom is 0.124 e. The number of aliphatic hydroxyl groups is 1. The number of halogens is 2. The molecular formula is C22H23BrClNO2. The zero-order chi connectivity index (χ0) is 18.2. The zero-order valence-electron chi connectivity index (χ0n) is 14.8. The largest absolute Gasteiger partial charge is 0.489 e. The third kappa shape index (κ3) is 6.67. The lowest BCUT2D eigenvalue weighted by Gasteiger charge is -2.15. The van der Waals surface area contributed by atoms with Crippen molar-refractivity contribution in [2.45, 2.75) is 19.3 Å². The normalized spacial score (nSPS) is 11.5. The summed E-state index contributed by atoms with van der Waals surface area (Å²) in [6.07, 6.45) is -0.531. The summed E-state index contributed by atoms with van der Waals surface area (Å²) in [6, 6.07) is 25.8. The summed E-state index contributed by atoms with van der Waals surface area (Å²) in [5.41, 5.74) is 3.10.